The number of aldehydes is 1. The van der Waals surface area contributed by atoms with Gasteiger partial charge in [0.2, 0.25) is 0 Å². The first-order valence-corrected chi connectivity index (χ1v) is 7.79. The molecule has 7 heteroatoms. The van der Waals surface area contributed by atoms with E-state index in [4.69, 9.17) is 11.6 Å². The lowest BCUT2D eigenvalue weighted by atomic mass is 10.3. The number of pyridine rings is 1. The molecule has 21 heavy (non-hydrogen) atoms. The zero-order chi connectivity index (χ0) is 15.0. The van der Waals surface area contributed by atoms with Crippen molar-refractivity contribution in [2.75, 3.05) is 0 Å². The van der Waals surface area contributed by atoms with Gasteiger partial charge in [-0.3, -0.25) is 4.79 Å². The minimum Gasteiger partial charge on any atom is -0.296 e. The third-order valence-electron chi connectivity index (χ3n) is 3.07. The van der Waals surface area contributed by atoms with Crippen molar-refractivity contribution in [3.05, 3.63) is 59.5 Å². The Bertz CT molecular complexity index is 934. The summed E-state index contributed by atoms with van der Waals surface area (Å²) in [6, 6.07) is 10.8. The van der Waals surface area contributed by atoms with Crippen LogP contribution in [0.5, 0.6) is 0 Å². The average Bonchev–Trinajstić information content (AvgIpc) is 2.89. The van der Waals surface area contributed by atoms with E-state index in [0.717, 1.165) is 3.97 Å². The monoisotopic (exact) mass is 320 g/mol. The maximum atomic E-state index is 12.7. The Labute approximate surface area is 125 Å². The summed E-state index contributed by atoms with van der Waals surface area (Å²) in [7, 11) is -3.88. The molecule has 0 fully saturated rings. The third-order valence-corrected chi connectivity index (χ3v) is 5.12. The van der Waals surface area contributed by atoms with Crippen LogP contribution in [0, 0.1) is 0 Å². The van der Waals surface area contributed by atoms with Gasteiger partial charge in [0.1, 0.15) is 5.15 Å². The largest absolute Gasteiger partial charge is 0.296 e. The Kier molecular flexibility index (Phi) is 3.27. The fourth-order valence-electron chi connectivity index (χ4n) is 2.14. The van der Waals surface area contributed by atoms with Crippen LogP contribution >= 0.6 is 11.6 Å². The summed E-state index contributed by atoms with van der Waals surface area (Å²) in [6.07, 6.45) is 1.88. The lowest BCUT2D eigenvalue weighted by Gasteiger charge is -2.09. The molecule has 0 aliphatic heterocycles. The van der Waals surface area contributed by atoms with E-state index in [9.17, 15) is 13.2 Å². The molecule has 5 nitrogen and oxygen atoms in total. The van der Waals surface area contributed by atoms with Crippen molar-refractivity contribution < 1.29 is 13.2 Å². The minimum atomic E-state index is -3.88. The normalized spacial score (nSPS) is 11.7. The number of nitrogens with zero attached hydrogens (tertiary/aromatic N) is 2. The summed E-state index contributed by atoms with van der Waals surface area (Å²) < 4.78 is 26.5. The molecule has 0 aliphatic carbocycles. The predicted octanol–water partition coefficient (Wildman–Crippen LogP) is 2.74. The lowest BCUT2D eigenvalue weighted by molar-refractivity contribution is 0.111. The highest BCUT2D eigenvalue weighted by Gasteiger charge is 2.23. The molecule has 1 aromatic carbocycles. The molecule has 0 bridgehead atoms. The summed E-state index contributed by atoms with van der Waals surface area (Å²) in [5, 5.41) is 0.568. The number of hydrogen-bond donors (Lipinski definition) is 0. The van der Waals surface area contributed by atoms with Crippen molar-refractivity contribution >= 4 is 38.8 Å². The molecule has 0 amide bonds. The molecular formula is C14H9ClN2O3S. The van der Waals surface area contributed by atoms with Gasteiger partial charge in [0.15, 0.2) is 6.29 Å². The maximum absolute atomic E-state index is 12.7. The molecule has 0 saturated heterocycles. The van der Waals surface area contributed by atoms with Gasteiger partial charge in [-0.05, 0) is 24.3 Å². The summed E-state index contributed by atoms with van der Waals surface area (Å²) in [6.45, 7) is 0. The highest BCUT2D eigenvalue weighted by Crippen LogP contribution is 2.28. The number of carbonyl (C=O) groups is 1. The van der Waals surface area contributed by atoms with Crippen LogP contribution in [0.4, 0.5) is 0 Å². The van der Waals surface area contributed by atoms with Gasteiger partial charge in [0.05, 0.1) is 16.1 Å². The third kappa shape index (κ3) is 2.12. The van der Waals surface area contributed by atoms with Gasteiger partial charge in [-0.2, -0.15) is 0 Å². The molecule has 2 aromatic heterocycles. The fraction of sp³-hybridized carbons (Fsp3) is 0. The Morgan fingerprint density at radius 1 is 1.14 bits per heavy atom. The van der Waals surface area contributed by atoms with Gasteiger partial charge in [-0.1, -0.05) is 29.8 Å². The van der Waals surface area contributed by atoms with Gasteiger partial charge in [0, 0.05) is 11.6 Å². The Balaban J connectivity index is 2.40. The number of aromatic nitrogens is 2. The molecule has 0 saturated carbocycles. The van der Waals surface area contributed by atoms with Crippen LogP contribution in [0.3, 0.4) is 0 Å². The standard InChI is InChI=1S/C14H9ClN2O3S/c15-14-12-8-10(9-18)17(13(12)6-7-16-14)21(19,20)11-4-2-1-3-5-11/h1-9H. The molecule has 3 aromatic rings. The summed E-state index contributed by atoms with van der Waals surface area (Å²) in [5.41, 5.74) is 0.324. The minimum absolute atomic E-state index is 0.00348. The fourth-order valence-corrected chi connectivity index (χ4v) is 3.85. The van der Waals surface area contributed by atoms with E-state index in [1.165, 1.54) is 30.5 Å². The van der Waals surface area contributed by atoms with Crippen LogP contribution in [0.15, 0.2) is 53.6 Å². The van der Waals surface area contributed by atoms with Gasteiger partial charge < -0.3 is 0 Å². The van der Waals surface area contributed by atoms with E-state index in [1.807, 2.05) is 0 Å². The van der Waals surface area contributed by atoms with Crippen LogP contribution < -0.4 is 0 Å². The quantitative estimate of drug-likeness (QED) is 0.549. The highest BCUT2D eigenvalue weighted by atomic mass is 35.5. The van der Waals surface area contributed by atoms with Crippen molar-refractivity contribution in [1.82, 2.24) is 8.96 Å². The van der Waals surface area contributed by atoms with Crippen LogP contribution in [-0.2, 0) is 10.0 Å². The molecule has 0 radical (unpaired) electrons. The van der Waals surface area contributed by atoms with Crippen LogP contribution in [-0.4, -0.2) is 23.7 Å². The average molecular weight is 321 g/mol. The first-order valence-electron chi connectivity index (χ1n) is 5.97. The van der Waals surface area contributed by atoms with Crippen molar-refractivity contribution in [2.45, 2.75) is 4.90 Å². The van der Waals surface area contributed by atoms with Gasteiger partial charge in [0.25, 0.3) is 10.0 Å². The summed E-state index contributed by atoms with van der Waals surface area (Å²) >= 11 is 5.96. The van der Waals surface area contributed by atoms with E-state index in [0.29, 0.717) is 17.2 Å². The summed E-state index contributed by atoms with van der Waals surface area (Å²) in [5.74, 6) is 0. The Morgan fingerprint density at radius 3 is 2.52 bits per heavy atom. The number of hydrogen-bond acceptors (Lipinski definition) is 4. The number of fused-ring (bicyclic) bond motifs is 1. The number of rotatable bonds is 3. The maximum Gasteiger partial charge on any atom is 0.268 e. The topological polar surface area (TPSA) is 69.0 Å². The molecule has 2 heterocycles. The Hall–Kier alpha value is -2.18. The first kappa shape index (κ1) is 13.8. The molecule has 0 aliphatic rings. The SMILES string of the molecule is O=Cc1cc2c(Cl)nccc2n1S(=O)(=O)c1ccccc1. The second-order valence-corrected chi connectivity index (χ2v) is 6.45. The first-order chi connectivity index (χ1) is 10.1. The molecule has 0 atom stereocenters. The molecule has 0 unspecified atom stereocenters. The number of benzene rings is 1. The predicted molar refractivity (Wildman–Crippen MR) is 79.2 cm³/mol. The van der Waals surface area contributed by atoms with Crippen molar-refractivity contribution in [2.24, 2.45) is 0 Å². The second kappa shape index (κ2) is 4.98. The van der Waals surface area contributed by atoms with Crippen LogP contribution in [0.1, 0.15) is 10.5 Å². The van der Waals surface area contributed by atoms with E-state index in [-0.39, 0.29) is 15.7 Å². The van der Waals surface area contributed by atoms with Gasteiger partial charge >= 0.3 is 0 Å². The Morgan fingerprint density at radius 2 is 1.86 bits per heavy atom. The van der Waals surface area contributed by atoms with Crippen LogP contribution in [0.2, 0.25) is 5.15 Å². The number of carbonyl (C=O) groups excluding carboxylic acids is 1. The van der Waals surface area contributed by atoms with E-state index in [2.05, 4.69) is 4.98 Å². The van der Waals surface area contributed by atoms with Gasteiger partial charge in [-0.25, -0.2) is 17.4 Å². The zero-order valence-electron chi connectivity index (χ0n) is 10.6. The smallest absolute Gasteiger partial charge is 0.268 e. The zero-order valence-corrected chi connectivity index (χ0v) is 12.2. The van der Waals surface area contributed by atoms with E-state index < -0.39 is 10.0 Å². The molecular weight excluding hydrogens is 312 g/mol. The van der Waals surface area contributed by atoms with Crippen LogP contribution in [0.25, 0.3) is 10.9 Å². The van der Waals surface area contributed by atoms with E-state index >= 15 is 0 Å². The van der Waals surface area contributed by atoms with E-state index in [1.54, 1.807) is 18.2 Å². The molecule has 3 rings (SSSR count). The van der Waals surface area contributed by atoms with Gasteiger partial charge in [-0.15, -0.1) is 0 Å². The van der Waals surface area contributed by atoms with Crippen molar-refractivity contribution in [1.29, 1.82) is 0 Å². The lowest BCUT2D eigenvalue weighted by Crippen LogP contribution is -2.15. The number of halogens is 1. The summed E-state index contributed by atoms with van der Waals surface area (Å²) in [4.78, 5) is 15.2. The second-order valence-electron chi connectivity index (χ2n) is 4.30. The molecule has 106 valence electrons. The molecule has 0 spiro atoms. The molecule has 0 N–H and O–H groups in total. The van der Waals surface area contributed by atoms with Crippen molar-refractivity contribution in [3.63, 3.8) is 0 Å². The highest BCUT2D eigenvalue weighted by molar-refractivity contribution is 7.90. The van der Waals surface area contributed by atoms with Crippen molar-refractivity contribution in [3.8, 4) is 0 Å².